The number of hydrogen-bond donors (Lipinski definition) is 2. The van der Waals surface area contributed by atoms with Crippen LogP contribution in [-0.2, 0) is 14.4 Å². The molecule has 0 aromatic rings. The molecule has 2 saturated heterocycles. The molecule has 2 heterocycles. The van der Waals surface area contributed by atoms with Gasteiger partial charge in [0.15, 0.2) is 0 Å². The van der Waals surface area contributed by atoms with Crippen molar-refractivity contribution >= 4 is 17.7 Å². The Morgan fingerprint density at radius 1 is 1.33 bits per heavy atom. The van der Waals surface area contributed by atoms with Gasteiger partial charge in [-0.3, -0.25) is 14.4 Å². The van der Waals surface area contributed by atoms with E-state index in [1.807, 2.05) is 23.6 Å². The average molecular weight is 338 g/mol. The standard InChI is InChI=1S/C17H30N4O3/c1-13(2)10-15(22)19-6-5-16(23)20-8-3-4-14(12-20)21-9-7-18-11-17(21)24/h13-14,18H,3-12H2,1-2H3,(H,19,22). The van der Waals surface area contributed by atoms with Gasteiger partial charge in [-0.05, 0) is 18.8 Å². The molecule has 0 radical (unpaired) electrons. The molecule has 0 aliphatic carbocycles. The van der Waals surface area contributed by atoms with Gasteiger partial charge >= 0.3 is 0 Å². The topological polar surface area (TPSA) is 81.8 Å². The van der Waals surface area contributed by atoms with Gasteiger partial charge < -0.3 is 20.4 Å². The first-order chi connectivity index (χ1) is 11.5. The molecule has 2 fully saturated rings. The Morgan fingerprint density at radius 2 is 2.12 bits per heavy atom. The van der Waals surface area contributed by atoms with Crippen LogP contribution in [0.25, 0.3) is 0 Å². The zero-order valence-corrected chi connectivity index (χ0v) is 14.8. The van der Waals surface area contributed by atoms with E-state index in [1.165, 1.54) is 0 Å². The molecule has 136 valence electrons. The highest BCUT2D eigenvalue weighted by atomic mass is 16.2. The third-order valence-corrected chi connectivity index (χ3v) is 4.57. The predicted molar refractivity (Wildman–Crippen MR) is 91.3 cm³/mol. The van der Waals surface area contributed by atoms with Crippen molar-refractivity contribution in [1.82, 2.24) is 20.4 Å². The lowest BCUT2D eigenvalue weighted by molar-refractivity contribution is -0.140. The SMILES string of the molecule is CC(C)CC(=O)NCCC(=O)N1CCCC(N2CCNCC2=O)C1. The number of amides is 3. The number of nitrogens with zero attached hydrogens (tertiary/aromatic N) is 2. The number of likely N-dealkylation sites (tertiary alicyclic amines) is 1. The second-order valence-electron chi connectivity index (χ2n) is 7.10. The molecule has 3 amide bonds. The van der Waals surface area contributed by atoms with E-state index in [0.29, 0.717) is 38.4 Å². The molecular formula is C17H30N4O3. The zero-order chi connectivity index (χ0) is 17.5. The van der Waals surface area contributed by atoms with Crippen molar-refractivity contribution in [2.45, 2.75) is 45.6 Å². The second kappa shape index (κ2) is 9.01. The fourth-order valence-corrected chi connectivity index (χ4v) is 3.35. The number of carbonyl (C=O) groups excluding carboxylic acids is 3. The van der Waals surface area contributed by atoms with Crippen molar-refractivity contribution in [2.75, 3.05) is 39.3 Å². The highest BCUT2D eigenvalue weighted by molar-refractivity contribution is 5.80. The first-order valence-electron chi connectivity index (χ1n) is 9.02. The van der Waals surface area contributed by atoms with Crippen molar-refractivity contribution in [3.63, 3.8) is 0 Å². The maximum atomic E-state index is 12.4. The summed E-state index contributed by atoms with van der Waals surface area (Å²) in [5.74, 6) is 0.509. The summed E-state index contributed by atoms with van der Waals surface area (Å²) in [5, 5.41) is 5.88. The Labute approximate surface area is 144 Å². The summed E-state index contributed by atoms with van der Waals surface area (Å²) in [7, 11) is 0. The minimum Gasteiger partial charge on any atom is -0.356 e. The molecule has 0 aromatic heterocycles. The monoisotopic (exact) mass is 338 g/mol. The summed E-state index contributed by atoms with van der Waals surface area (Å²) in [6.07, 6.45) is 2.70. The van der Waals surface area contributed by atoms with Gasteiger partial charge in [0.1, 0.15) is 0 Å². The zero-order valence-electron chi connectivity index (χ0n) is 14.8. The third kappa shape index (κ3) is 5.47. The van der Waals surface area contributed by atoms with Crippen LogP contribution in [0.3, 0.4) is 0 Å². The molecule has 0 bridgehead atoms. The Morgan fingerprint density at radius 3 is 2.83 bits per heavy atom. The first kappa shape index (κ1) is 18.7. The van der Waals surface area contributed by atoms with Crippen LogP contribution >= 0.6 is 0 Å². The lowest BCUT2D eigenvalue weighted by Crippen LogP contribution is -2.57. The Balaban J connectivity index is 1.75. The van der Waals surface area contributed by atoms with Crippen LogP contribution in [0.15, 0.2) is 0 Å². The largest absolute Gasteiger partial charge is 0.356 e. The molecule has 2 aliphatic rings. The van der Waals surface area contributed by atoms with E-state index in [2.05, 4.69) is 10.6 Å². The smallest absolute Gasteiger partial charge is 0.236 e. The van der Waals surface area contributed by atoms with E-state index in [-0.39, 0.29) is 23.8 Å². The number of hydrogen-bond acceptors (Lipinski definition) is 4. The van der Waals surface area contributed by atoms with Crippen molar-refractivity contribution in [2.24, 2.45) is 5.92 Å². The lowest BCUT2D eigenvalue weighted by Gasteiger charge is -2.41. The fraction of sp³-hybridized carbons (Fsp3) is 0.824. The number of nitrogens with one attached hydrogen (secondary N) is 2. The highest BCUT2D eigenvalue weighted by Crippen LogP contribution is 2.17. The Hall–Kier alpha value is -1.63. The van der Waals surface area contributed by atoms with Crippen LogP contribution in [0.2, 0.25) is 0 Å². The summed E-state index contributed by atoms with van der Waals surface area (Å²) in [6.45, 7) is 7.67. The summed E-state index contributed by atoms with van der Waals surface area (Å²) < 4.78 is 0. The maximum Gasteiger partial charge on any atom is 0.236 e. The highest BCUT2D eigenvalue weighted by Gasteiger charge is 2.31. The predicted octanol–water partition coefficient (Wildman–Crippen LogP) is -0.0384. The summed E-state index contributed by atoms with van der Waals surface area (Å²) in [6, 6.07) is 0.132. The number of carbonyl (C=O) groups is 3. The minimum atomic E-state index is 0.000680. The normalized spacial score (nSPS) is 22.0. The third-order valence-electron chi connectivity index (χ3n) is 4.57. The fourth-order valence-electron chi connectivity index (χ4n) is 3.35. The van der Waals surface area contributed by atoms with Crippen molar-refractivity contribution in [3.8, 4) is 0 Å². The molecule has 1 atom stereocenters. The van der Waals surface area contributed by atoms with E-state index < -0.39 is 0 Å². The molecule has 2 N–H and O–H groups in total. The number of piperazine rings is 1. The molecule has 0 aromatic carbocycles. The molecule has 24 heavy (non-hydrogen) atoms. The minimum absolute atomic E-state index is 0.000680. The van der Waals surface area contributed by atoms with Crippen LogP contribution in [0, 0.1) is 5.92 Å². The second-order valence-corrected chi connectivity index (χ2v) is 7.10. The molecule has 0 spiro atoms. The summed E-state index contributed by atoms with van der Waals surface area (Å²) >= 11 is 0. The molecule has 0 saturated carbocycles. The van der Waals surface area contributed by atoms with Crippen molar-refractivity contribution in [3.05, 3.63) is 0 Å². The van der Waals surface area contributed by atoms with Gasteiger partial charge in [-0.25, -0.2) is 0 Å². The van der Waals surface area contributed by atoms with E-state index in [4.69, 9.17) is 0 Å². The van der Waals surface area contributed by atoms with Gasteiger partial charge in [0, 0.05) is 51.6 Å². The molecule has 2 aliphatic heterocycles. The van der Waals surface area contributed by atoms with Crippen LogP contribution in [0.4, 0.5) is 0 Å². The van der Waals surface area contributed by atoms with Crippen LogP contribution < -0.4 is 10.6 Å². The van der Waals surface area contributed by atoms with Crippen LogP contribution in [-0.4, -0.2) is 72.8 Å². The van der Waals surface area contributed by atoms with E-state index in [1.54, 1.807) is 0 Å². The molecule has 7 heteroatoms. The van der Waals surface area contributed by atoms with Gasteiger partial charge in [0.05, 0.1) is 6.54 Å². The van der Waals surface area contributed by atoms with Crippen molar-refractivity contribution in [1.29, 1.82) is 0 Å². The number of piperidine rings is 1. The van der Waals surface area contributed by atoms with E-state index >= 15 is 0 Å². The molecule has 2 rings (SSSR count). The molecule has 7 nitrogen and oxygen atoms in total. The quantitative estimate of drug-likeness (QED) is 0.712. The summed E-state index contributed by atoms with van der Waals surface area (Å²) in [5.41, 5.74) is 0. The van der Waals surface area contributed by atoms with Gasteiger partial charge in [-0.15, -0.1) is 0 Å². The van der Waals surface area contributed by atoms with Gasteiger partial charge in [0.2, 0.25) is 17.7 Å². The number of rotatable bonds is 6. The Kier molecular flexibility index (Phi) is 7.02. The van der Waals surface area contributed by atoms with Crippen LogP contribution in [0.1, 0.15) is 39.5 Å². The summed E-state index contributed by atoms with van der Waals surface area (Å²) in [4.78, 5) is 39.8. The van der Waals surface area contributed by atoms with E-state index in [0.717, 1.165) is 32.5 Å². The Bertz CT molecular complexity index is 467. The first-order valence-corrected chi connectivity index (χ1v) is 9.02. The molecule has 1 unspecified atom stereocenters. The molecular weight excluding hydrogens is 308 g/mol. The van der Waals surface area contributed by atoms with Gasteiger partial charge in [0.25, 0.3) is 0 Å². The van der Waals surface area contributed by atoms with Crippen molar-refractivity contribution < 1.29 is 14.4 Å². The van der Waals surface area contributed by atoms with Crippen LogP contribution in [0.5, 0.6) is 0 Å². The van der Waals surface area contributed by atoms with Gasteiger partial charge in [-0.1, -0.05) is 13.8 Å². The van der Waals surface area contributed by atoms with Gasteiger partial charge in [-0.2, -0.15) is 0 Å². The lowest BCUT2D eigenvalue weighted by atomic mass is 10.0. The average Bonchev–Trinajstić information content (AvgIpc) is 2.54. The maximum absolute atomic E-state index is 12.4. The van der Waals surface area contributed by atoms with E-state index in [9.17, 15) is 14.4 Å².